The van der Waals surface area contributed by atoms with Crippen molar-refractivity contribution < 1.29 is 22.7 Å². The van der Waals surface area contributed by atoms with Crippen molar-refractivity contribution in [2.45, 2.75) is 31.5 Å². The van der Waals surface area contributed by atoms with Crippen LogP contribution in [0.4, 0.5) is 13.2 Å². The van der Waals surface area contributed by atoms with Gasteiger partial charge in [0.05, 0.1) is 30.3 Å². The first-order chi connectivity index (χ1) is 17.1. The highest BCUT2D eigenvalue weighted by Gasteiger charge is 2.45. The first kappa shape index (κ1) is 25.5. The van der Waals surface area contributed by atoms with Gasteiger partial charge in [0.25, 0.3) is 0 Å². The average molecular weight is 493 g/mol. The second kappa shape index (κ2) is 10.2. The van der Waals surface area contributed by atoms with Crippen LogP contribution in [0.15, 0.2) is 66.7 Å². The first-order valence-electron chi connectivity index (χ1n) is 11.7. The summed E-state index contributed by atoms with van der Waals surface area (Å²) in [7, 11) is 1.32. The molecule has 3 aromatic carbocycles. The van der Waals surface area contributed by atoms with Gasteiger partial charge in [0.1, 0.15) is 17.3 Å². The Morgan fingerprint density at radius 3 is 2.19 bits per heavy atom. The summed E-state index contributed by atoms with van der Waals surface area (Å²) in [6.07, 6.45) is 0. The molecule has 1 saturated heterocycles. The van der Waals surface area contributed by atoms with E-state index in [1.54, 1.807) is 18.2 Å². The van der Waals surface area contributed by atoms with Crippen LogP contribution in [0.5, 0.6) is 0 Å². The van der Waals surface area contributed by atoms with Crippen LogP contribution in [0.1, 0.15) is 58.4 Å². The molecule has 186 valence electrons. The first-order valence-corrected chi connectivity index (χ1v) is 11.7. The van der Waals surface area contributed by atoms with Crippen LogP contribution < -0.4 is 0 Å². The monoisotopic (exact) mass is 492 g/mol. The second-order valence-electron chi connectivity index (χ2n) is 9.71. The van der Waals surface area contributed by atoms with Gasteiger partial charge in [0, 0.05) is 25.1 Å². The summed E-state index contributed by atoms with van der Waals surface area (Å²) < 4.78 is 48.1. The molecule has 0 aromatic heterocycles. The van der Waals surface area contributed by atoms with Gasteiger partial charge in [-0.25, -0.2) is 18.0 Å². The smallest absolute Gasteiger partial charge is 0.337 e. The minimum absolute atomic E-state index is 0.179. The predicted molar refractivity (Wildman–Crippen MR) is 130 cm³/mol. The van der Waals surface area contributed by atoms with E-state index in [0.29, 0.717) is 29.8 Å². The number of halogens is 3. The molecular weight excluding hydrogens is 465 g/mol. The lowest BCUT2D eigenvalue weighted by molar-refractivity contribution is 0.00804. The van der Waals surface area contributed by atoms with Crippen LogP contribution in [0.25, 0.3) is 0 Å². The number of esters is 1. The normalized spacial score (nSPS) is 16.0. The molecule has 3 aromatic rings. The lowest BCUT2D eigenvalue weighted by atomic mass is 9.72. The van der Waals surface area contributed by atoms with E-state index in [0.717, 1.165) is 17.2 Å². The molecular formula is C29H27F3N2O2. The van der Waals surface area contributed by atoms with E-state index in [1.807, 2.05) is 30.3 Å². The zero-order chi connectivity index (χ0) is 26.0. The number of nitrogens with zero attached hydrogens (tertiary/aromatic N) is 2. The van der Waals surface area contributed by atoms with Crippen molar-refractivity contribution in [1.82, 2.24) is 4.90 Å². The molecule has 0 aliphatic carbocycles. The van der Waals surface area contributed by atoms with Crippen molar-refractivity contribution in [3.63, 3.8) is 0 Å². The van der Waals surface area contributed by atoms with Gasteiger partial charge in [-0.15, -0.1) is 0 Å². The van der Waals surface area contributed by atoms with Crippen molar-refractivity contribution in [3.05, 3.63) is 106 Å². The van der Waals surface area contributed by atoms with Crippen molar-refractivity contribution in [3.8, 4) is 6.07 Å². The minimum atomic E-state index is -1.70. The summed E-state index contributed by atoms with van der Waals surface area (Å²) in [6, 6.07) is 19.4. The van der Waals surface area contributed by atoms with E-state index < -0.39 is 29.2 Å². The molecule has 0 N–H and O–H groups in total. The third kappa shape index (κ3) is 5.29. The van der Waals surface area contributed by atoms with Crippen molar-refractivity contribution in [2.75, 3.05) is 20.2 Å². The lowest BCUT2D eigenvalue weighted by Gasteiger charge is -2.50. The maximum atomic E-state index is 15.4. The Hall–Kier alpha value is -3.63. The van der Waals surface area contributed by atoms with E-state index in [1.165, 1.54) is 33.1 Å². The number of hydrogen-bond acceptors (Lipinski definition) is 4. The fourth-order valence-electron chi connectivity index (χ4n) is 5.27. The van der Waals surface area contributed by atoms with Crippen molar-refractivity contribution in [1.29, 1.82) is 5.26 Å². The van der Waals surface area contributed by atoms with Crippen molar-refractivity contribution >= 4 is 5.97 Å². The summed E-state index contributed by atoms with van der Waals surface area (Å²) in [4.78, 5) is 14.0. The maximum Gasteiger partial charge on any atom is 0.337 e. The van der Waals surface area contributed by atoms with Crippen LogP contribution in [-0.2, 0) is 4.74 Å². The molecule has 7 heteroatoms. The quantitative estimate of drug-likeness (QED) is 0.370. The number of alkyl halides is 1. The third-order valence-electron chi connectivity index (χ3n) is 6.74. The maximum absolute atomic E-state index is 15.4. The summed E-state index contributed by atoms with van der Waals surface area (Å²) in [5.41, 5.74) is 1.30. The van der Waals surface area contributed by atoms with E-state index in [4.69, 9.17) is 4.74 Å². The molecule has 0 spiro atoms. The van der Waals surface area contributed by atoms with Gasteiger partial charge >= 0.3 is 5.97 Å². The van der Waals surface area contributed by atoms with Crippen LogP contribution in [0, 0.1) is 28.9 Å². The Bertz CT molecular complexity index is 1270. The third-order valence-corrected chi connectivity index (χ3v) is 6.74. The van der Waals surface area contributed by atoms with Crippen LogP contribution in [-0.4, -0.2) is 36.7 Å². The number of hydrogen-bond donors (Lipinski definition) is 0. The van der Waals surface area contributed by atoms with Crippen LogP contribution in [0.2, 0.25) is 0 Å². The number of rotatable bonds is 7. The van der Waals surface area contributed by atoms with E-state index >= 15 is 4.39 Å². The number of carbonyl (C=O) groups is 1. The zero-order valence-corrected chi connectivity index (χ0v) is 20.3. The number of benzene rings is 3. The molecule has 36 heavy (non-hydrogen) atoms. The molecule has 0 unspecified atom stereocenters. The topological polar surface area (TPSA) is 53.3 Å². The SMILES string of the molecule is COC(=O)c1ccc([C@H](c2cccc(C#N)c2)N2CC([C@@H](c3cc(F)cc(F)c3)C(C)(C)F)C2)cc1. The standard InChI is InChI=1S/C29H27F3N2O2/c1-29(2,32)26(22-12-24(30)14-25(31)13-22)23-16-34(17-23)27(21-6-4-5-18(11-21)15-33)19-7-9-20(10-8-19)28(35)36-3/h4-14,23,26-27H,16-17H2,1-3H3/t26-,27-/m1/s1. The molecule has 1 fully saturated rings. The number of methoxy groups -OCH3 is 1. The molecule has 0 bridgehead atoms. The number of likely N-dealkylation sites (tertiary alicyclic amines) is 1. The summed E-state index contributed by atoms with van der Waals surface area (Å²) >= 11 is 0. The molecule has 2 atom stereocenters. The molecule has 0 saturated carbocycles. The molecule has 0 amide bonds. The molecule has 0 radical (unpaired) electrons. The van der Waals surface area contributed by atoms with Crippen LogP contribution in [0.3, 0.4) is 0 Å². The molecule has 1 aliphatic rings. The van der Waals surface area contributed by atoms with Crippen molar-refractivity contribution in [2.24, 2.45) is 5.92 Å². The van der Waals surface area contributed by atoms with E-state index in [2.05, 4.69) is 11.0 Å². The lowest BCUT2D eigenvalue weighted by Crippen LogP contribution is -2.53. The molecule has 1 heterocycles. The Balaban J connectivity index is 1.66. The average Bonchev–Trinajstić information content (AvgIpc) is 2.81. The largest absolute Gasteiger partial charge is 0.465 e. The Labute approximate surface area is 208 Å². The van der Waals surface area contributed by atoms with Gasteiger partial charge < -0.3 is 4.74 Å². The summed E-state index contributed by atoms with van der Waals surface area (Å²) in [5, 5.41) is 9.41. The second-order valence-corrected chi connectivity index (χ2v) is 9.71. The highest BCUT2D eigenvalue weighted by Crippen LogP contribution is 2.45. The number of ether oxygens (including phenoxy) is 1. The minimum Gasteiger partial charge on any atom is -0.465 e. The number of carbonyl (C=O) groups excluding carboxylic acids is 1. The Morgan fingerprint density at radius 2 is 1.64 bits per heavy atom. The van der Waals surface area contributed by atoms with Gasteiger partial charge in [0.2, 0.25) is 0 Å². The highest BCUT2D eigenvalue weighted by molar-refractivity contribution is 5.89. The van der Waals surface area contributed by atoms with Gasteiger partial charge in [-0.05, 0) is 72.9 Å². The molecule has 4 nitrogen and oxygen atoms in total. The Morgan fingerprint density at radius 1 is 1.00 bits per heavy atom. The van der Waals surface area contributed by atoms with E-state index in [-0.39, 0.29) is 12.0 Å². The zero-order valence-electron chi connectivity index (χ0n) is 20.3. The molecule has 4 rings (SSSR count). The fraction of sp³-hybridized carbons (Fsp3) is 0.310. The Kier molecular flexibility index (Phi) is 7.18. The predicted octanol–water partition coefficient (Wildman–Crippen LogP) is 6.18. The summed E-state index contributed by atoms with van der Waals surface area (Å²) in [5.74, 6) is -2.78. The van der Waals surface area contributed by atoms with Gasteiger partial charge in [0.15, 0.2) is 0 Å². The highest BCUT2D eigenvalue weighted by atomic mass is 19.1. The summed E-state index contributed by atoms with van der Waals surface area (Å²) in [6.45, 7) is 3.83. The van der Waals surface area contributed by atoms with Gasteiger partial charge in [-0.1, -0.05) is 24.3 Å². The van der Waals surface area contributed by atoms with Gasteiger partial charge in [-0.2, -0.15) is 5.26 Å². The number of nitriles is 1. The fourth-order valence-corrected chi connectivity index (χ4v) is 5.27. The van der Waals surface area contributed by atoms with E-state index in [9.17, 15) is 18.8 Å². The van der Waals surface area contributed by atoms with Crippen LogP contribution >= 0.6 is 0 Å². The molecule has 1 aliphatic heterocycles. The van der Waals surface area contributed by atoms with Gasteiger partial charge in [-0.3, -0.25) is 4.90 Å².